The number of methoxy groups -OCH3 is 1. The van der Waals surface area contributed by atoms with Crippen LogP contribution in [0.3, 0.4) is 0 Å². The van der Waals surface area contributed by atoms with Crippen molar-refractivity contribution in [2.45, 2.75) is 44.6 Å². The van der Waals surface area contributed by atoms with Crippen LogP contribution >= 0.6 is 22.9 Å². The monoisotopic (exact) mass is 527 g/mol. The second-order valence-corrected chi connectivity index (χ2v) is 11.3. The van der Waals surface area contributed by atoms with Gasteiger partial charge in [0.25, 0.3) is 5.91 Å². The van der Waals surface area contributed by atoms with Crippen LogP contribution in [0.2, 0.25) is 5.02 Å². The molecule has 0 spiro atoms. The van der Waals surface area contributed by atoms with Crippen LogP contribution in [0.5, 0.6) is 0 Å². The van der Waals surface area contributed by atoms with Gasteiger partial charge in [0.2, 0.25) is 5.95 Å². The van der Waals surface area contributed by atoms with E-state index in [0.29, 0.717) is 28.3 Å². The van der Waals surface area contributed by atoms with Crippen LogP contribution in [-0.4, -0.2) is 66.7 Å². The Morgan fingerprint density at radius 2 is 2.08 bits per heavy atom. The van der Waals surface area contributed by atoms with Crippen molar-refractivity contribution in [1.29, 1.82) is 0 Å². The number of anilines is 1. The second kappa shape index (κ2) is 11.9. The first kappa shape index (κ1) is 25.4. The van der Waals surface area contributed by atoms with Gasteiger partial charge in [0.05, 0.1) is 22.7 Å². The molecule has 0 radical (unpaired) electrons. The molecule has 2 aromatic heterocycles. The van der Waals surface area contributed by atoms with Crippen molar-refractivity contribution < 1.29 is 9.53 Å². The lowest BCUT2D eigenvalue weighted by molar-refractivity contribution is 0.0952. The van der Waals surface area contributed by atoms with Crippen molar-refractivity contribution in [3.63, 3.8) is 0 Å². The molecule has 1 aromatic carbocycles. The molecule has 5 rings (SSSR count). The van der Waals surface area contributed by atoms with E-state index in [-0.39, 0.29) is 5.91 Å². The summed E-state index contributed by atoms with van der Waals surface area (Å²) < 4.78 is 6.24. The van der Waals surface area contributed by atoms with Crippen LogP contribution < -0.4 is 10.6 Å². The quantitative estimate of drug-likeness (QED) is 0.323. The van der Waals surface area contributed by atoms with E-state index in [0.717, 1.165) is 59.8 Å². The van der Waals surface area contributed by atoms with E-state index < -0.39 is 0 Å². The van der Waals surface area contributed by atoms with Gasteiger partial charge in [-0.3, -0.25) is 4.79 Å². The molecule has 0 atom stereocenters. The largest absolute Gasteiger partial charge is 0.383 e. The van der Waals surface area contributed by atoms with Gasteiger partial charge >= 0.3 is 0 Å². The number of nitrogens with one attached hydrogen (secondary N) is 2. The first-order valence-corrected chi connectivity index (χ1v) is 14.1. The Hall–Kier alpha value is -2.26. The molecule has 3 aromatic rings. The van der Waals surface area contributed by atoms with E-state index in [4.69, 9.17) is 21.3 Å². The fourth-order valence-electron chi connectivity index (χ4n) is 4.80. The molecule has 0 unspecified atom stereocenters. The molecule has 9 heteroatoms. The van der Waals surface area contributed by atoms with Crippen LogP contribution in [-0.2, 0) is 4.74 Å². The number of carbonyl (C=O) groups excluding carboxylic acids is 1. The molecular formula is C27H34ClN5O2S. The van der Waals surface area contributed by atoms with Crippen molar-refractivity contribution >= 4 is 44.9 Å². The number of halogens is 1. The van der Waals surface area contributed by atoms with Crippen LogP contribution in [0.1, 0.15) is 48.9 Å². The molecule has 1 saturated heterocycles. The molecular weight excluding hydrogens is 494 g/mol. The fraction of sp³-hybridized carbons (Fsp3) is 0.519. The number of carbonyl (C=O) groups is 1. The van der Waals surface area contributed by atoms with Crippen molar-refractivity contribution in [2.75, 3.05) is 45.2 Å². The number of hydrogen-bond donors (Lipinski definition) is 2. The number of nitrogens with zero attached hydrogens (tertiary/aromatic N) is 3. The lowest BCUT2D eigenvalue weighted by Gasteiger charge is -2.31. The summed E-state index contributed by atoms with van der Waals surface area (Å²) in [4.78, 5) is 25.3. The zero-order valence-corrected chi connectivity index (χ0v) is 22.3. The zero-order chi connectivity index (χ0) is 24.9. The summed E-state index contributed by atoms with van der Waals surface area (Å²) in [7, 11) is 1.77. The van der Waals surface area contributed by atoms with E-state index in [1.165, 1.54) is 32.4 Å². The average molecular weight is 528 g/mol. The van der Waals surface area contributed by atoms with Crippen molar-refractivity contribution in [3.05, 3.63) is 41.0 Å². The maximum Gasteiger partial charge on any atom is 0.252 e. The molecule has 1 aliphatic heterocycles. The molecule has 2 fully saturated rings. The molecule has 2 N–H and O–H groups in total. The number of benzene rings is 1. The number of fused-ring (bicyclic) bond motifs is 1. The van der Waals surface area contributed by atoms with Crippen LogP contribution in [0.4, 0.5) is 5.95 Å². The summed E-state index contributed by atoms with van der Waals surface area (Å²) in [6.07, 6.45) is 8.62. The number of hydrogen-bond acceptors (Lipinski definition) is 7. The topological polar surface area (TPSA) is 79.4 Å². The van der Waals surface area contributed by atoms with Gasteiger partial charge < -0.3 is 20.3 Å². The summed E-state index contributed by atoms with van der Waals surface area (Å²) in [5.41, 5.74) is 1.40. The van der Waals surface area contributed by atoms with E-state index in [1.807, 2.05) is 24.3 Å². The number of piperidine rings is 1. The molecule has 3 heterocycles. The Balaban J connectivity index is 1.18. The van der Waals surface area contributed by atoms with Gasteiger partial charge in [-0.1, -0.05) is 17.7 Å². The van der Waals surface area contributed by atoms with E-state index in [2.05, 4.69) is 20.5 Å². The van der Waals surface area contributed by atoms with Crippen LogP contribution in [0, 0.1) is 5.92 Å². The summed E-state index contributed by atoms with van der Waals surface area (Å²) in [6.45, 7) is 5.03. The van der Waals surface area contributed by atoms with E-state index >= 15 is 0 Å². The highest BCUT2D eigenvalue weighted by atomic mass is 35.5. The number of aromatic nitrogens is 2. The SMILES string of the molecule is COCCN1CCC(CCCNc2ncc(Cl)c(-c3cc4c(C(=O)NC5CC5)cccc4s3)n2)CC1. The molecule has 36 heavy (non-hydrogen) atoms. The van der Waals surface area contributed by atoms with Crippen LogP contribution in [0.15, 0.2) is 30.5 Å². The number of ether oxygens (including phenoxy) is 1. The molecule has 0 bridgehead atoms. The van der Waals surface area contributed by atoms with Gasteiger partial charge in [-0.2, -0.15) is 0 Å². The highest BCUT2D eigenvalue weighted by Gasteiger charge is 2.25. The number of likely N-dealkylation sites (tertiary alicyclic amines) is 1. The van der Waals surface area contributed by atoms with Crippen molar-refractivity contribution in [1.82, 2.24) is 20.2 Å². The Morgan fingerprint density at radius 3 is 2.86 bits per heavy atom. The standard InChI is InChI=1S/C27H34ClN5O2S/c1-35-15-14-33-12-9-18(10-13-33)4-3-11-29-27-30-17-22(28)25(32-27)24-16-21-20(5-2-6-23(21)36-24)26(34)31-19-7-8-19/h2,5-6,16-19H,3-4,7-15H2,1H3,(H,31,34)(H,29,30,32). The van der Waals surface area contributed by atoms with Crippen LogP contribution in [0.25, 0.3) is 20.7 Å². The first-order valence-electron chi connectivity index (χ1n) is 12.9. The average Bonchev–Trinajstić information content (AvgIpc) is 3.60. The lowest BCUT2D eigenvalue weighted by atomic mass is 9.92. The van der Waals surface area contributed by atoms with E-state index in [9.17, 15) is 4.79 Å². The maximum atomic E-state index is 12.7. The Kier molecular flexibility index (Phi) is 8.36. The normalized spacial score (nSPS) is 16.9. The molecule has 2 aliphatic rings. The minimum absolute atomic E-state index is 0.00996. The molecule has 1 aliphatic carbocycles. The Morgan fingerprint density at radius 1 is 1.25 bits per heavy atom. The molecule has 1 amide bonds. The predicted octanol–water partition coefficient (Wildman–Crippen LogP) is 5.45. The van der Waals surface area contributed by atoms with Gasteiger partial charge in [-0.05, 0) is 75.7 Å². The molecule has 7 nitrogen and oxygen atoms in total. The third-order valence-corrected chi connectivity index (χ3v) is 8.47. The summed E-state index contributed by atoms with van der Waals surface area (Å²) >= 11 is 8.10. The number of rotatable bonds is 11. The van der Waals surface area contributed by atoms with Crippen molar-refractivity contribution in [3.8, 4) is 10.6 Å². The number of amides is 1. The summed E-state index contributed by atoms with van der Waals surface area (Å²) in [5.74, 6) is 1.37. The van der Waals surface area contributed by atoms with Gasteiger partial charge in [0, 0.05) is 41.9 Å². The van der Waals surface area contributed by atoms with Gasteiger partial charge in [0.1, 0.15) is 5.69 Å². The first-order chi connectivity index (χ1) is 17.6. The smallest absolute Gasteiger partial charge is 0.252 e. The van der Waals surface area contributed by atoms with Gasteiger partial charge in [0.15, 0.2) is 0 Å². The third kappa shape index (κ3) is 6.35. The second-order valence-electron chi connectivity index (χ2n) is 9.81. The lowest BCUT2D eigenvalue weighted by Crippen LogP contribution is -2.35. The number of thiophene rings is 1. The van der Waals surface area contributed by atoms with E-state index in [1.54, 1.807) is 24.6 Å². The van der Waals surface area contributed by atoms with Crippen molar-refractivity contribution in [2.24, 2.45) is 5.92 Å². The minimum Gasteiger partial charge on any atom is -0.383 e. The maximum absolute atomic E-state index is 12.7. The summed E-state index contributed by atoms with van der Waals surface area (Å²) in [6, 6.07) is 8.20. The van der Waals surface area contributed by atoms with Gasteiger partial charge in [-0.15, -0.1) is 11.3 Å². The Bertz CT molecular complexity index is 1190. The fourth-order valence-corrected chi connectivity index (χ4v) is 6.14. The third-order valence-electron chi connectivity index (χ3n) is 7.09. The highest BCUT2D eigenvalue weighted by molar-refractivity contribution is 7.22. The predicted molar refractivity (Wildman–Crippen MR) is 147 cm³/mol. The molecule has 1 saturated carbocycles. The minimum atomic E-state index is -0.00996. The highest BCUT2D eigenvalue weighted by Crippen LogP contribution is 2.37. The molecule has 192 valence electrons. The van der Waals surface area contributed by atoms with Gasteiger partial charge in [-0.25, -0.2) is 9.97 Å². The summed E-state index contributed by atoms with van der Waals surface area (Å²) in [5, 5.41) is 7.92. The Labute approximate surface area is 221 Å². The zero-order valence-electron chi connectivity index (χ0n) is 20.8.